The molecule has 2 aromatic heterocycles. The minimum Gasteiger partial charge on any atom is -0.492 e. The maximum atomic E-state index is 5.69. The fourth-order valence-corrected chi connectivity index (χ4v) is 2.31. The number of rotatable bonds is 5. The van der Waals surface area contributed by atoms with Crippen molar-refractivity contribution in [1.29, 1.82) is 0 Å². The van der Waals surface area contributed by atoms with Crippen LogP contribution in [-0.4, -0.2) is 27.7 Å². The van der Waals surface area contributed by atoms with Crippen molar-refractivity contribution in [2.75, 3.05) is 24.2 Å². The van der Waals surface area contributed by atoms with Crippen LogP contribution in [0.25, 0.3) is 5.65 Å². The van der Waals surface area contributed by atoms with E-state index in [0.717, 1.165) is 15.9 Å². The number of hydrogen-bond donors (Lipinski definition) is 2. The maximum Gasteiger partial charge on any atom is 0.243 e. The summed E-state index contributed by atoms with van der Waals surface area (Å²) in [5, 5.41) is 7.45. The second-order valence-electron chi connectivity index (χ2n) is 4.41. The van der Waals surface area contributed by atoms with Crippen LogP contribution in [0.15, 0.2) is 47.1 Å². The molecule has 0 fully saturated rings. The van der Waals surface area contributed by atoms with E-state index in [4.69, 9.17) is 10.5 Å². The number of aromatic nitrogens is 3. The van der Waals surface area contributed by atoms with Crippen molar-refractivity contribution in [3.05, 3.63) is 47.1 Å². The lowest BCUT2D eigenvalue weighted by molar-refractivity contribution is 0.333. The van der Waals surface area contributed by atoms with Gasteiger partial charge in [-0.2, -0.15) is 4.98 Å². The molecule has 3 rings (SSSR count). The lowest BCUT2D eigenvalue weighted by atomic mass is 10.3. The second kappa shape index (κ2) is 6.01. The second-order valence-corrected chi connectivity index (χ2v) is 5.26. The van der Waals surface area contributed by atoms with Gasteiger partial charge in [0, 0.05) is 18.0 Å². The standard InChI is InChI=1S/C14H14BrN5O/c15-12-5-2-7-20-13(12)18-14(19-20)17-6-8-21-11-4-1-3-10(16)9-11/h1-5,7,9H,6,8,16H2,(H,17,19). The molecule has 0 aliphatic carbocycles. The number of halogens is 1. The highest BCUT2D eigenvalue weighted by Gasteiger charge is 2.05. The molecule has 0 amide bonds. The van der Waals surface area contributed by atoms with E-state index in [-0.39, 0.29) is 0 Å². The van der Waals surface area contributed by atoms with Crippen LogP contribution in [0.2, 0.25) is 0 Å². The molecule has 0 unspecified atom stereocenters. The number of pyridine rings is 1. The Kier molecular flexibility index (Phi) is 3.92. The molecule has 0 saturated carbocycles. The molecule has 0 saturated heterocycles. The fraction of sp³-hybridized carbons (Fsp3) is 0.143. The molecule has 0 atom stereocenters. The molecule has 21 heavy (non-hydrogen) atoms. The normalized spacial score (nSPS) is 10.7. The lowest BCUT2D eigenvalue weighted by Gasteiger charge is -2.06. The third-order valence-corrected chi connectivity index (χ3v) is 3.45. The Morgan fingerprint density at radius 1 is 1.29 bits per heavy atom. The number of nitrogens with zero attached hydrogens (tertiary/aromatic N) is 3. The van der Waals surface area contributed by atoms with Gasteiger partial charge in [-0.15, -0.1) is 5.10 Å². The average Bonchev–Trinajstić information content (AvgIpc) is 2.88. The third-order valence-electron chi connectivity index (χ3n) is 2.83. The highest BCUT2D eigenvalue weighted by molar-refractivity contribution is 9.10. The molecule has 0 bridgehead atoms. The average molecular weight is 348 g/mol. The number of nitrogens with one attached hydrogen (secondary N) is 1. The highest BCUT2D eigenvalue weighted by Crippen LogP contribution is 2.17. The van der Waals surface area contributed by atoms with E-state index >= 15 is 0 Å². The minimum absolute atomic E-state index is 0.500. The van der Waals surface area contributed by atoms with Crippen LogP contribution in [0.5, 0.6) is 5.75 Å². The molecule has 1 aromatic carbocycles. The predicted molar refractivity (Wildman–Crippen MR) is 85.5 cm³/mol. The first-order valence-electron chi connectivity index (χ1n) is 6.45. The summed E-state index contributed by atoms with van der Waals surface area (Å²) in [5.74, 6) is 1.32. The largest absolute Gasteiger partial charge is 0.492 e. The van der Waals surface area contributed by atoms with Crippen LogP contribution in [0.4, 0.5) is 11.6 Å². The Morgan fingerprint density at radius 3 is 3.00 bits per heavy atom. The van der Waals surface area contributed by atoms with Gasteiger partial charge >= 0.3 is 0 Å². The molecule has 2 heterocycles. The van der Waals surface area contributed by atoms with Gasteiger partial charge in [0.25, 0.3) is 0 Å². The Labute approximate surface area is 130 Å². The van der Waals surface area contributed by atoms with Crippen LogP contribution >= 0.6 is 15.9 Å². The molecule has 0 radical (unpaired) electrons. The summed E-state index contributed by atoms with van der Waals surface area (Å²) in [7, 11) is 0. The van der Waals surface area contributed by atoms with E-state index in [1.807, 2.05) is 36.5 Å². The summed E-state index contributed by atoms with van der Waals surface area (Å²) >= 11 is 3.44. The summed E-state index contributed by atoms with van der Waals surface area (Å²) < 4.78 is 8.21. The molecule has 7 heteroatoms. The van der Waals surface area contributed by atoms with E-state index < -0.39 is 0 Å². The molecule has 3 aromatic rings. The Balaban J connectivity index is 1.56. The molecular formula is C14H14BrN5O. The van der Waals surface area contributed by atoms with Crippen molar-refractivity contribution in [2.45, 2.75) is 0 Å². The van der Waals surface area contributed by atoms with E-state index in [2.05, 4.69) is 31.3 Å². The zero-order chi connectivity index (χ0) is 14.7. The van der Waals surface area contributed by atoms with Crippen LogP contribution in [0.3, 0.4) is 0 Å². The number of ether oxygens (including phenoxy) is 1. The molecular weight excluding hydrogens is 334 g/mol. The van der Waals surface area contributed by atoms with Gasteiger partial charge in [-0.25, -0.2) is 4.52 Å². The van der Waals surface area contributed by atoms with Crippen LogP contribution in [-0.2, 0) is 0 Å². The topological polar surface area (TPSA) is 77.5 Å². The number of hydrogen-bond acceptors (Lipinski definition) is 5. The number of nitrogens with two attached hydrogens (primary N) is 1. The van der Waals surface area contributed by atoms with Gasteiger partial charge in [-0.1, -0.05) is 6.07 Å². The Hall–Kier alpha value is -2.28. The monoisotopic (exact) mass is 347 g/mol. The van der Waals surface area contributed by atoms with Gasteiger partial charge in [-0.3, -0.25) is 0 Å². The zero-order valence-corrected chi connectivity index (χ0v) is 12.7. The molecule has 108 valence electrons. The quantitative estimate of drug-likeness (QED) is 0.547. The van der Waals surface area contributed by atoms with Crippen molar-refractivity contribution in [1.82, 2.24) is 14.6 Å². The van der Waals surface area contributed by atoms with Crippen molar-refractivity contribution in [3.63, 3.8) is 0 Å². The summed E-state index contributed by atoms with van der Waals surface area (Å²) in [6.45, 7) is 1.10. The molecule has 0 aliphatic heterocycles. The van der Waals surface area contributed by atoms with Gasteiger partial charge < -0.3 is 15.8 Å². The van der Waals surface area contributed by atoms with E-state index in [0.29, 0.717) is 24.8 Å². The summed E-state index contributed by atoms with van der Waals surface area (Å²) in [6, 6.07) is 11.2. The Morgan fingerprint density at radius 2 is 2.19 bits per heavy atom. The van der Waals surface area contributed by atoms with Crippen molar-refractivity contribution in [2.24, 2.45) is 0 Å². The number of benzene rings is 1. The van der Waals surface area contributed by atoms with E-state index in [1.165, 1.54) is 0 Å². The first kappa shape index (κ1) is 13.7. The SMILES string of the molecule is Nc1cccc(OCCNc2nc3c(Br)cccn3n2)c1. The fourth-order valence-electron chi connectivity index (χ4n) is 1.88. The van der Waals surface area contributed by atoms with Crippen LogP contribution in [0.1, 0.15) is 0 Å². The van der Waals surface area contributed by atoms with Crippen LogP contribution in [0, 0.1) is 0 Å². The van der Waals surface area contributed by atoms with E-state index in [1.54, 1.807) is 10.6 Å². The molecule has 0 spiro atoms. The minimum atomic E-state index is 0.500. The van der Waals surface area contributed by atoms with Crippen molar-refractivity contribution >= 4 is 33.2 Å². The van der Waals surface area contributed by atoms with Crippen molar-refractivity contribution in [3.8, 4) is 5.75 Å². The zero-order valence-electron chi connectivity index (χ0n) is 11.2. The smallest absolute Gasteiger partial charge is 0.243 e. The Bertz CT molecular complexity index is 758. The summed E-state index contributed by atoms with van der Waals surface area (Å²) in [4.78, 5) is 4.39. The first-order valence-corrected chi connectivity index (χ1v) is 7.25. The van der Waals surface area contributed by atoms with Gasteiger partial charge in [0.15, 0.2) is 5.65 Å². The predicted octanol–water partition coefficient (Wildman–Crippen LogP) is 2.56. The first-order chi connectivity index (χ1) is 10.2. The third kappa shape index (κ3) is 3.25. The molecule has 6 nitrogen and oxygen atoms in total. The highest BCUT2D eigenvalue weighted by atomic mass is 79.9. The van der Waals surface area contributed by atoms with Gasteiger partial charge in [-0.05, 0) is 40.2 Å². The maximum absolute atomic E-state index is 5.69. The van der Waals surface area contributed by atoms with Gasteiger partial charge in [0.2, 0.25) is 5.95 Å². The number of anilines is 2. The lowest BCUT2D eigenvalue weighted by Crippen LogP contribution is -2.12. The number of fused-ring (bicyclic) bond motifs is 1. The van der Waals surface area contributed by atoms with Crippen LogP contribution < -0.4 is 15.8 Å². The molecule has 0 aliphatic rings. The number of nitrogen functional groups attached to an aromatic ring is 1. The molecule has 3 N–H and O–H groups in total. The summed E-state index contributed by atoms with van der Waals surface area (Å²) in [5.41, 5.74) is 7.15. The van der Waals surface area contributed by atoms with Gasteiger partial charge in [0.1, 0.15) is 12.4 Å². The van der Waals surface area contributed by atoms with Crippen molar-refractivity contribution < 1.29 is 4.74 Å². The van der Waals surface area contributed by atoms with E-state index in [9.17, 15) is 0 Å². The summed E-state index contributed by atoms with van der Waals surface area (Å²) in [6.07, 6.45) is 1.85. The van der Waals surface area contributed by atoms with Gasteiger partial charge in [0.05, 0.1) is 11.0 Å².